The second-order valence-electron chi connectivity index (χ2n) is 3.88. The van der Waals surface area contributed by atoms with Crippen molar-refractivity contribution in [2.45, 2.75) is 6.42 Å². The van der Waals surface area contributed by atoms with Gasteiger partial charge in [-0.2, -0.15) is 0 Å². The van der Waals surface area contributed by atoms with E-state index in [-0.39, 0.29) is 5.91 Å². The monoisotopic (exact) mass is 246 g/mol. The molecule has 3 rings (SSSR count). The van der Waals surface area contributed by atoms with E-state index in [4.69, 9.17) is 5.73 Å². The van der Waals surface area contributed by atoms with Crippen LogP contribution in [0.1, 0.15) is 15.2 Å². The van der Waals surface area contributed by atoms with Crippen LogP contribution in [0.25, 0.3) is 0 Å². The molecule has 1 aromatic heterocycles. The highest BCUT2D eigenvalue weighted by molar-refractivity contribution is 7.07. The maximum atomic E-state index is 12.2. The van der Waals surface area contributed by atoms with E-state index in [1.54, 1.807) is 4.90 Å². The van der Waals surface area contributed by atoms with E-state index in [1.807, 2.05) is 18.2 Å². The quantitative estimate of drug-likeness (QED) is 0.770. The molecule has 1 aliphatic heterocycles. The lowest BCUT2D eigenvalue weighted by atomic mass is 10.1. The van der Waals surface area contributed by atoms with E-state index >= 15 is 0 Å². The largest absolute Gasteiger partial charge is 0.399 e. The van der Waals surface area contributed by atoms with E-state index in [1.165, 1.54) is 6.20 Å². The van der Waals surface area contributed by atoms with E-state index in [9.17, 15) is 4.79 Å². The number of hydrogen-bond donors (Lipinski definition) is 1. The van der Waals surface area contributed by atoms with Crippen LogP contribution in [-0.2, 0) is 6.42 Å². The zero-order valence-corrected chi connectivity index (χ0v) is 9.78. The van der Waals surface area contributed by atoms with Crippen molar-refractivity contribution in [1.29, 1.82) is 0 Å². The van der Waals surface area contributed by atoms with Gasteiger partial charge in [0.15, 0.2) is 0 Å². The van der Waals surface area contributed by atoms with Crippen LogP contribution in [0.3, 0.4) is 0 Å². The lowest BCUT2D eigenvalue weighted by Crippen LogP contribution is -2.28. The van der Waals surface area contributed by atoms with Gasteiger partial charge in [0, 0.05) is 17.9 Å². The second-order valence-corrected chi connectivity index (χ2v) is 4.66. The number of nitrogens with two attached hydrogens (primary N) is 1. The van der Waals surface area contributed by atoms with Gasteiger partial charge in [0.1, 0.15) is 4.88 Å². The molecule has 1 amide bonds. The number of fused-ring (bicyclic) bond motifs is 1. The number of carbonyl (C=O) groups excluding carboxylic acids is 1. The Bertz CT molecular complexity index is 567. The zero-order chi connectivity index (χ0) is 11.8. The van der Waals surface area contributed by atoms with Crippen molar-refractivity contribution in [2.24, 2.45) is 0 Å². The van der Waals surface area contributed by atoms with Crippen LogP contribution in [-0.4, -0.2) is 22.0 Å². The Kier molecular flexibility index (Phi) is 2.29. The first kappa shape index (κ1) is 10.2. The van der Waals surface area contributed by atoms with Gasteiger partial charge in [0.05, 0.1) is 6.20 Å². The maximum absolute atomic E-state index is 12.2. The van der Waals surface area contributed by atoms with Crippen molar-refractivity contribution in [1.82, 2.24) is 9.59 Å². The highest BCUT2D eigenvalue weighted by Gasteiger charge is 2.26. The minimum absolute atomic E-state index is 0.0515. The van der Waals surface area contributed by atoms with Crippen molar-refractivity contribution in [3.63, 3.8) is 0 Å². The summed E-state index contributed by atoms with van der Waals surface area (Å²) < 4.78 is 3.71. The molecule has 0 saturated heterocycles. The molecule has 1 aromatic carbocycles. The third kappa shape index (κ3) is 1.66. The molecule has 0 fully saturated rings. The summed E-state index contributed by atoms with van der Waals surface area (Å²) in [5, 5.41) is 3.68. The first-order valence-corrected chi connectivity index (χ1v) is 6.00. The van der Waals surface area contributed by atoms with Crippen LogP contribution in [0.2, 0.25) is 0 Å². The molecule has 0 atom stereocenters. The molecule has 0 bridgehead atoms. The summed E-state index contributed by atoms with van der Waals surface area (Å²) in [6.07, 6.45) is 2.37. The number of anilines is 2. The van der Waals surface area contributed by atoms with Crippen LogP contribution in [0.5, 0.6) is 0 Å². The molecule has 0 saturated carbocycles. The number of nitrogen functional groups attached to an aromatic ring is 1. The topological polar surface area (TPSA) is 72.1 Å². The molecule has 0 radical (unpaired) electrons. The van der Waals surface area contributed by atoms with Gasteiger partial charge in [0.2, 0.25) is 0 Å². The Balaban J connectivity index is 1.98. The van der Waals surface area contributed by atoms with Crippen LogP contribution in [0.15, 0.2) is 24.4 Å². The second kappa shape index (κ2) is 3.81. The van der Waals surface area contributed by atoms with Gasteiger partial charge in [-0.15, -0.1) is 5.10 Å². The molecule has 2 N–H and O–H groups in total. The zero-order valence-electron chi connectivity index (χ0n) is 8.96. The Morgan fingerprint density at radius 2 is 2.35 bits per heavy atom. The van der Waals surface area contributed by atoms with E-state index in [2.05, 4.69) is 9.59 Å². The van der Waals surface area contributed by atoms with Crippen molar-refractivity contribution in [3.05, 3.63) is 34.8 Å². The first-order valence-electron chi connectivity index (χ1n) is 5.23. The predicted molar refractivity (Wildman–Crippen MR) is 66.1 cm³/mol. The van der Waals surface area contributed by atoms with Crippen LogP contribution in [0, 0.1) is 0 Å². The average molecular weight is 246 g/mol. The number of amides is 1. The standard InChI is InChI=1S/C11H10N4OS/c12-8-2-1-7-3-4-15(9(7)5-8)11(16)10-6-13-14-17-10/h1-2,5-6H,3-4,12H2. The number of benzene rings is 1. The summed E-state index contributed by atoms with van der Waals surface area (Å²) in [5.41, 5.74) is 8.49. The number of nitrogens with zero attached hydrogens (tertiary/aromatic N) is 3. The highest BCUT2D eigenvalue weighted by Crippen LogP contribution is 2.31. The average Bonchev–Trinajstić information content (AvgIpc) is 2.97. The van der Waals surface area contributed by atoms with Crippen molar-refractivity contribution < 1.29 is 4.79 Å². The summed E-state index contributed by atoms with van der Waals surface area (Å²) in [4.78, 5) is 14.5. The molecule has 5 nitrogen and oxygen atoms in total. The molecule has 2 aromatic rings. The fourth-order valence-corrected chi connectivity index (χ4v) is 2.47. The summed E-state index contributed by atoms with van der Waals surface area (Å²) in [6.45, 7) is 0.690. The minimum Gasteiger partial charge on any atom is -0.399 e. The lowest BCUT2D eigenvalue weighted by Gasteiger charge is -2.16. The Labute approximate surface area is 102 Å². The van der Waals surface area contributed by atoms with Gasteiger partial charge in [-0.3, -0.25) is 4.79 Å². The van der Waals surface area contributed by atoms with Gasteiger partial charge in [-0.05, 0) is 35.6 Å². The Morgan fingerprint density at radius 3 is 3.12 bits per heavy atom. The van der Waals surface area contributed by atoms with Crippen LogP contribution in [0.4, 0.5) is 11.4 Å². The van der Waals surface area contributed by atoms with Crippen molar-refractivity contribution in [2.75, 3.05) is 17.2 Å². The van der Waals surface area contributed by atoms with Crippen molar-refractivity contribution >= 4 is 28.8 Å². The van der Waals surface area contributed by atoms with E-state index in [0.717, 1.165) is 29.2 Å². The fraction of sp³-hybridized carbons (Fsp3) is 0.182. The van der Waals surface area contributed by atoms with E-state index < -0.39 is 0 Å². The van der Waals surface area contributed by atoms with Gasteiger partial charge in [0.25, 0.3) is 5.91 Å². The molecule has 0 aliphatic carbocycles. The molecule has 0 unspecified atom stereocenters. The van der Waals surface area contributed by atoms with Gasteiger partial charge in [-0.1, -0.05) is 10.6 Å². The van der Waals surface area contributed by atoms with Gasteiger partial charge >= 0.3 is 0 Å². The van der Waals surface area contributed by atoms with Gasteiger partial charge in [-0.25, -0.2) is 0 Å². The normalized spacial score (nSPS) is 13.8. The maximum Gasteiger partial charge on any atom is 0.271 e. The van der Waals surface area contributed by atoms with E-state index in [0.29, 0.717) is 17.1 Å². The SMILES string of the molecule is Nc1ccc2c(c1)N(C(=O)c1cnns1)CC2. The Hall–Kier alpha value is -1.95. The molecule has 2 heterocycles. The molecule has 6 heteroatoms. The number of aromatic nitrogens is 2. The first-order chi connectivity index (χ1) is 8.25. The third-order valence-corrected chi connectivity index (χ3v) is 3.47. The highest BCUT2D eigenvalue weighted by atomic mass is 32.1. The van der Waals surface area contributed by atoms with Crippen molar-refractivity contribution in [3.8, 4) is 0 Å². The van der Waals surface area contributed by atoms with Crippen LogP contribution < -0.4 is 10.6 Å². The predicted octanol–water partition coefficient (Wildman–Crippen LogP) is 1.32. The molecular weight excluding hydrogens is 236 g/mol. The lowest BCUT2D eigenvalue weighted by molar-refractivity contribution is 0.0993. The molecule has 0 spiro atoms. The molecule has 1 aliphatic rings. The summed E-state index contributed by atoms with van der Waals surface area (Å²) >= 11 is 1.11. The van der Waals surface area contributed by atoms with Gasteiger partial charge < -0.3 is 10.6 Å². The number of carbonyl (C=O) groups is 1. The molecule has 86 valence electrons. The molecule has 17 heavy (non-hydrogen) atoms. The number of rotatable bonds is 1. The summed E-state index contributed by atoms with van der Waals surface area (Å²) in [5.74, 6) is -0.0515. The Morgan fingerprint density at radius 1 is 1.47 bits per heavy atom. The fourth-order valence-electron chi connectivity index (χ4n) is 2.00. The smallest absolute Gasteiger partial charge is 0.271 e. The van der Waals surface area contributed by atoms with Crippen LogP contribution >= 0.6 is 11.5 Å². The third-order valence-electron chi connectivity index (χ3n) is 2.82. The minimum atomic E-state index is -0.0515. The summed E-state index contributed by atoms with van der Waals surface area (Å²) in [7, 11) is 0. The summed E-state index contributed by atoms with van der Waals surface area (Å²) in [6, 6.07) is 5.68. The number of hydrogen-bond acceptors (Lipinski definition) is 5. The molecular formula is C11H10N4OS.